The van der Waals surface area contributed by atoms with Gasteiger partial charge in [-0.3, -0.25) is 4.79 Å². The highest BCUT2D eigenvalue weighted by Crippen LogP contribution is 2.24. The molecule has 1 aliphatic rings. The van der Waals surface area contributed by atoms with Crippen molar-refractivity contribution in [2.45, 2.75) is 36.6 Å². The first-order valence-electron chi connectivity index (χ1n) is 4.23. The van der Waals surface area contributed by atoms with Crippen LogP contribution in [0, 0.1) is 0 Å². The summed E-state index contributed by atoms with van der Waals surface area (Å²) in [5.74, 6) is 0.00367. The lowest BCUT2D eigenvalue weighted by Crippen LogP contribution is -2.43. The Morgan fingerprint density at radius 3 is 2.75 bits per heavy atom. The van der Waals surface area contributed by atoms with Gasteiger partial charge in [0.2, 0.25) is 5.91 Å². The Balaban J connectivity index is 2.33. The number of hydrogen-bond donors (Lipinski definition) is 1. The number of hydrogen-bond acceptors (Lipinski definition) is 1. The van der Waals surface area contributed by atoms with Gasteiger partial charge in [-0.1, -0.05) is 28.8 Å². The predicted octanol–water partition coefficient (Wildman–Crippen LogP) is 2.05. The van der Waals surface area contributed by atoms with E-state index in [1.807, 2.05) is 0 Å². The van der Waals surface area contributed by atoms with Crippen molar-refractivity contribution in [1.82, 2.24) is 5.32 Å². The summed E-state index contributed by atoms with van der Waals surface area (Å²) in [7, 11) is 0. The van der Waals surface area contributed by atoms with Crippen molar-refractivity contribution in [1.29, 1.82) is 0 Å². The summed E-state index contributed by atoms with van der Waals surface area (Å²) in [4.78, 5) is 11.4. The first-order chi connectivity index (χ1) is 5.74. The number of nitrogens with one attached hydrogen (secondary N) is 1. The fourth-order valence-corrected chi connectivity index (χ4v) is 2.29. The molecule has 0 aromatic heterocycles. The lowest BCUT2D eigenvalue weighted by Gasteiger charge is -2.27. The van der Waals surface area contributed by atoms with E-state index in [0.717, 1.165) is 12.8 Å². The lowest BCUT2D eigenvalue weighted by molar-refractivity contribution is -0.119. The van der Waals surface area contributed by atoms with Crippen LogP contribution in [0.2, 0.25) is 0 Å². The molecule has 1 saturated carbocycles. The Labute approximate surface area is 86.2 Å². The molecule has 0 unspecified atom stereocenters. The maximum Gasteiger partial charge on any atom is 0.235 e. The van der Waals surface area contributed by atoms with Crippen LogP contribution < -0.4 is 5.32 Å². The molecule has 1 rings (SSSR count). The van der Waals surface area contributed by atoms with E-state index in [2.05, 4.69) is 21.2 Å². The minimum absolute atomic E-state index is 0.0620. The summed E-state index contributed by atoms with van der Waals surface area (Å²) in [6.45, 7) is 0. The quantitative estimate of drug-likeness (QED) is 0.751. The highest BCUT2D eigenvalue weighted by atomic mass is 79.9. The molecule has 0 bridgehead atoms. The zero-order chi connectivity index (χ0) is 8.97. The fourth-order valence-electron chi connectivity index (χ4n) is 1.49. The summed E-state index contributed by atoms with van der Waals surface area (Å²) in [6, 6.07) is 0.282. The van der Waals surface area contributed by atoms with E-state index in [1.54, 1.807) is 0 Å². The predicted molar refractivity (Wildman–Crippen MR) is 53.8 cm³/mol. The summed E-state index contributed by atoms with van der Waals surface area (Å²) in [5.41, 5.74) is 0. The lowest BCUT2D eigenvalue weighted by atomic mass is 9.95. The van der Waals surface area contributed by atoms with Gasteiger partial charge in [0.25, 0.3) is 0 Å². The van der Waals surface area contributed by atoms with Crippen molar-refractivity contribution in [3.8, 4) is 0 Å². The molecule has 1 fully saturated rings. The fraction of sp³-hybridized carbons (Fsp3) is 0.875. The summed E-state index contributed by atoms with van der Waals surface area (Å²) in [5, 5.41) is 2.90. The average molecular weight is 255 g/mol. The van der Waals surface area contributed by atoms with E-state index in [-0.39, 0.29) is 17.8 Å². The van der Waals surface area contributed by atoms with Gasteiger partial charge in [0.1, 0.15) is 5.88 Å². The molecule has 1 aliphatic carbocycles. The van der Waals surface area contributed by atoms with E-state index in [1.165, 1.54) is 12.8 Å². The Morgan fingerprint density at radius 1 is 1.50 bits per heavy atom. The molecule has 2 atom stereocenters. The molecule has 2 nitrogen and oxygen atoms in total. The number of halogens is 2. The van der Waals surface area contributed by atoms with Gasteiger partial charge >= 0.3 is 0 Å². The van der Waals surface area contributed by atoms with Crippen LogP contribution in [0.4, 0.5) is 0 Å². The summed E-state index contributed by atoms with van der Waals surface area (Å²) >= 11 is 8.95. The smallest absolute Gasteiger partial charge is 0.235 e. The molecular formula is C8H13BrClNO. The molecule has 0 aromatic carbocycles. The van der Waals surface area contributed by atoms with Crippen LogP contribution in [-0.4, -0.2) is 22.7 Å². The van der Waals surface area contributed by atoms with E-state index in [4.69, 9.17) is 11.6 Å². The van der Waals surface area contributed by atoms with Crippen LogP contribution in [0.1, 0.15) is 25.7 Å². The van der Waals surface area contributed by atoms with Crippen molar-refractivity contribution in [3.63, 3.8) is 0 Å². The van der Waals surface area contributed by atoms with Gasteiger partial charge in [-0.25, -0.2) is 0 Å². The standard InChI is InChI=1S/C8H13BrClNO/c9-6-3-1-2-4-7(6)11-8(12)5-10/h6-7H,1-5H2,(H,11,12)/t6-,7-/m1/s1. The zero-order valence-corrected chi connectivity index (χ0v) is 9.20. The van der Waals surface area contributed by atoms with Crippen molar-refractivity contribution < 1.29 is 4.79 Å². The van der Waals surface area contributed by atoms with Gasteiger partial charge in [0.15, 0.2) is 0 Å². The van der Waals surface area contributed by atoms with Crippen LogP contribution in [0.5, 0.6) is 0 Å². The Hall–Kier alpha value is 0.240. The van der Waals surface area contributed by atoms with Gasteiger partial charge in [0.05, 0.1) is 0 Å². The molecule has 0 radical (unpaired) electrons. The van der Waals surface area contributed by atoms with Crippen molar-refractivity contribution in [3.05, 3.63) is 0 Å². The molecule has 1 amide bonds. The number of carbonyl (C=O) groups excluding carboxylic acids is 1. The SMILES string of the molecule is O=C(CCl)N[C@@H]1CCCC[C@H]1Br. The van der Waals surface area contributed by atoms with Crippen LogP contribution in [0.15, 0.2) is 0 Å². The monoisotopic (exact) mass is 253 g/mol. The zero-order valence-electron chi connectivity index (χ0n) is 6.85. The maximum atomic E-state index is 11.0. The number of rotatable bonds is 2. The van der Waals surface area contributed by atoms with Crippen molar-refractivity contribution in [2.24, 2.45) is 0 Å². The molecular weight excluding hydrogens is 241 g/mol. The third kappa shape index (κ3) is 2.94. The Kier molecular flexibility index (Phi) is 4.36. The molecule has 0 spiro atoms. The van der Waals surface area contributed by atoms with E-state index in [9.17, 15) is 4.79 Å². The number of amides is 1. The average Bonchev–Trinajstić information content (AvgIpc) is 2.09. The number of alkyl halides is 2. The summed E-state index contributed by atoms with van der Waals surface area (Å²) < 4.78 is 0. The van der Waals surface area contributed by atoms with E-state index < -0.39 is 0 Å². The molecule has 12 heavy (non-hydrogen) atoms. The number of carbonyl (C=O) groups is 1. The van der Waals surface area contributed by atoms with E-state index in [0.29, 0.717) is 4.83 Å². The third-order valence-electron chi connectivity index (χ3n) is 2.15. The molecule has 70 valence electrons. The minimum atomic E-state index is -0.0620. The molecule has 1 N–H and O–H groups in total. The van der Waals surface area contributed by atoms with Crippen LogP contribution in [-0.2, 0) is 4.79 Å². The Bertz CT molecular complexity index is 165. The van der Waals surface area contributed by atoms with Crippen molar-refractivity contribution >= 4 is 33.4 Å². The van der Waals surface area contributed by atoms with Gasteiger partial charge in [-0.15, -0.1) is 11.6 Å². The second kappa shape index (κ2) is 5.07. The normalized spacial score (nSPS) is 29.8. The first kappa shape index (κ1) is 10.3. The largest absolute Gasteiger partial charge is 0.351 e. The molecule has 0 aromatic rings. The second-order valence-electron chi connectivity index (χ2n) is 3.11. The Morgan fingerprint density at radius 2 is 2.17 bits per heavy atom. The summed E-state index contributed by atoms with van der Waals surface area (Å²) in [6.07, 6.45) is 4.67. The minimum Gasteiger partial charge on any atom is -0.351 e. The van der Waals surface area contributed by atoms with Crippen LogP contribution in [0.3, 0.4) is 0 Å². The molecule has 0 aliphatic heterocycles. The molecule has 0 heterocycles. The van der Waals surface area contributed by atoms with E-state index >= 15 is 0 Å². The van der Waals surface area contributed by atoms with Crippen LogP contribution in [0.25, 0.3) is 0 Å². The highest BCUT2D eigenvalue weighted by molar-refractivity contribution is 9.09. The van der Waals surface area contributed by atoms with Gasteiger partial charge < -0.3 is 5.32 Å². The maximum absolute atomic E-state index is 11.0. The first-order valence-corrected chi connectivity index (χ1v) is 5.68. The second-order valence-corrected chi connectivity index (χ2v) is 4.55. The van der Waals surface area contributed by atoms with Gasteiger partial charge in [-0.05, 0) is 12.8 Å². The van der Waals surface area contributed by atoms with Gasteiger partial charge in [0, 0.05) is 10.9 Å². The topological polar surface area (TPSA) is 29.1 Å². The van der Waals surface area contributed by atoms with Crippen molar-refractivity contribution in [2.75, 3.05) is 5.88 Å². The molecule has 0 saturated heterocycles. The molecule has 4 heteroatoms. The highest BCUT2D eigenvalue weighted by Gasteiger charge is 2.23. The van der Waals surface area contributed by atoms with Crippen LogP contribution >= 0.6 is 27.5 Å². The van der Waals surface area contributed by atoms with Gasteiger partial charge in [-0.2, -0.15) is 0 Å². The third-order valence-corrected chi connectivity index (χ3v) is 3.49.